The summed E-state index contributed by atoms with van der Waals surface area (Å²) < 4.78 is 139. The fraction of sp³-hybridized carbons (Fsp3) is 0.533. The van der Waals surface area contributed by atoms with E-state index in [9.17, 15) is 15.0 Å². The van der Waals surface area contributed by atoms with Gasteiger partial charge >= 0.3 is 5.97 Å². The van der Waals surface area contributed by atoms with Gasteiger partial charge in [-0.1, -0.05) is 12.4 Å². The van der Waals surface area contributed by atoms with Gasteiger partial charge in [0.05, 0.1) is 6.85 Å². The summed E-state index contributed by atoms with van der Waals surface area (Å²) in [6.45, 7) is 0. The van der Waals surface area contributed by atoms with Crippen LogP contribution in [0.3, 0.4) is 0 Å². The summed E-state index contributed by atoms with van der Waals surface area (Å²) in [5.41, 5.74) is 4.02. The Bertz CT molecular complexity index is 1090. The number of hydrogen-bond acceptors (Lipinski definition) is 5. The maximum atomic E-state index is 12.9. The van der Waals surface area contributed by atoms with E-state index in [0.717, 1.165) is 0 Å². The molecule has 0 aromatic heterocycles. The van der Waals surface area contributed by atoms with Gasteiger partial charge < -0.3 is 20.7 Å². The molecule has 1 aliphatic carbocycles. The number of phenols is 2. The lowest BCUT2D eigenvalue weighted by molar-refractivity contribution is -0.152. The largest absolute Gasteiger partial charge is 0.504 e. The second kappa shape index (κ2) is 6.61. The van der Waals surface area contributed by atoms with E-state index >= 15 is 0 Å². The van der Waals surface area contributed by atoms with E-state index in [0.29, 0.717) is 0 Å². The molecule has 0 radical (unpaired) electrons. The van der Waals surface area contributed by atoms with Gasteiger partial charge in [0.15, 0.2) is 11.5 Å². The number of benzene rings is 1. The van der Waals surface area contributed by atoms with Crippen molar-refractivity contribution in [2.75, 3.05) is 0 Å². The summed E-state index contributed by atoms with van der Waals surface area (Å²) in [5.74, 6) is -5.30. The Morgan fingerprint density at radius 3 is 2.95 bits per heavy atom. The van der Waals surface area contributed by atoms with Crippen LogP contribution in [-0.2, 0) is 15.9 Å². The lowest BCUT2D eigenvalue weighted by Crippen LogP contribution is -2.37. The Hall–Kier alpha value is -1.75. The third-order valence-electron chi connectivity index (χ3n) is 1.93. The zero-order valence-corrected chi connectivity index (χ0v) is 9.79. The lowest BCUT2D eigenvalue weighted by atomic mass is 9.97. The van der Waals surface area contributed by atoms with E-state index in [-0.39, 0.29) is 0 Å². The molecule has 0 aliphatic heterocycles. The topological polar surface area (TPSA) is 92.8 Å². The highest BCUT2D eigenvalue weighted by atomic mass is 16.5. The van der Waals surface area contributed by atoms with Gasteiger partial charge in [0.1, 0.15) is 12.1 Å². The number of hydrogen-bond donors (Lipinski definition) is 3. The highest BCUT2D eigenvalue weighted by Gasteiger charge is 2.22. The third-order valence-corrected chi connectivity index (χ3v) is 1.93. The molecule has 0 spiro atoms. The van der Waals surface area contributed by atoms with E-state index in [1.807, 2.05) is 0 Å². The van der Waals surface area contributed by atoms with Crippen LogP contribution in [0.25, 0.3) is 0 Å². The number of rotatable bonds is 4. The van der Waals surface area contributed by atoms with Crippen molar-refractivity contribution in [3.05, 3.63) is 23.7 Å². The number of aromatic hydroxyl groups is 2. The van der Waals surface area contributed by atoms with Crippen molar-refractivity contribution in [3.63, 3.8) is 0 Å². The van der Waals surface area contributed by atoms with Crippen LogP contribution >= 0.6 is 0 Å². The summed E-state index contributed by atoms with van der Waals surface area (Å²) in [4.78, 5) is 12.9. The molecule has 0 saturated heterocycles. The van der Waals surface area contributed by atoms with Gasteiger partial charge in [-0.25, -0.2) is 0 Å². The molecule has 1 aromatic carbocycles. The van der Waals surface area contributed by atoms with Gasteiger partial charge in [-0.3, -0.25) is 4.79 Å². The van der Waals surface area contributed by atoms with Crippen molar-refractivity contribution in [2.24, 2.45) is 5.73 Å². The highest BCUT2D eigenvalue weighted by molar-refractivity contribution is 5.76. The minimum atomic E-state index is -4.34. The fourth-order valence-corrected chi connectivity index (χ4v) is 1.08. The number of ether oxygens (including phenoxy) is 1. The zero-order valence-electron chi connectivity index (χ0n) is 26.8. The molecule has 110 valence electrons. The molecule has 20 heavy (non-hydrogen) atoms. The van der Waals surface area contributed by atoms with E-state index < -0.39 is 91.5 Å². The molecule has 4 N–H and O–H groups in total. The third kappa shape index (κ3) is 3.87. The van der Waals surface area contributed by atoms with E-state index in [1.165, 1.54) is 0 Å². The number of carbonyl (C=O) groups excluding carboxylic acids is 1. The molecule has 1 aromatic rings. The minimum absolute atomic E-state index is 1.25. The summed E-state index contributed by atoms with van der Waals surface area (Å²) in [6, 6.07) is -7.95. The fourth-order valence-electron chi connectivity index (χ4n) is 1.08. The smallest absolute Gasteiger partial charge is 0.323 e. The second-order valence-electron chi connectivity index (χ2n) is 3.33. The van der Waals surface area contributed by atoms with E-state index in [2.05, 4.69) is 4.74 Å². The molecule has 1 aliphatic rings. The Kier molecular flexibility index (Phi) is 1.37. The minimum Gasteiger partial charge on any atom is -0.504 e. The Balaban J connectivity index is 2.76. The SMILES string of the molecule is [2H]c1c([2H])c(C([2H])([2H])C([2H])(N)C(=O)OC2([2H])C([2H])([2H])C([2H])([2H])C([2H])([2H])C([2H])([2H])C2([2H])[2H])c([2H])c(O)c1O. The first-order chi connectivity index (χ1) is 16.1. The van der Waals surface area contributed by atoms with Crippen LogP contribution in [0.2, 0.25) is 0 Å². The molecular weight excluding hydrogens is 258 g/mol. The standard InChI is InChI=1S/C15H21NO4/c16-12(8-10-6-7-13(17)14(18)9-10)15(19)20-11-4-2-1-3-5-11/h6-7,9,11-12,17-18H,1-5,8,16H2/i1D2,2D2,3D2,4D2,5D2,6D,7D,8D2,9D,11D,12D. The number of phenolic OH excluding ortho intramolecular Hbond substituents is 2. The molecule has 0 bridgehead atoms. The molecular formula is C15H21NO4. The molecule has 5 heteroatoms. The maximum absolute atomic E-state index is 12.9. The average molecular weight is 296 g/mol. The molecule has 1 atom stereocenters. The normalized spacial score (nSPS) is 46.5. The Labute approximate surface area is 142 Å². The summed E-state index contributed by atoms with van der Waals surface area (Å²) in [7, 11) is 0. The first-order valence-electron chi connectivity index (χ1n) is 13.6. The predicted molar refractivity (Wildman–Crippen MR) is 74.4 cm³/mol. The lowest BCUT2D eigenvalue weighted by Gasteiger charge is -2.23. The van der Waals surface area contributed by atoms with Crippen molar-refractivity contribution in [3.8, 4) is 11.5 Å². The number of esters is 1. The van der Waals surface area contributed by atoms with Crippen molar-refractivity contribution < 1.29 is 43.0 Å². The zero-order chi connectivity index (χ0) is 29.7. The summed E-state index contributed by atoms with van der Waals surface area (Å²) >= 11 is 0. The Morgan fingerprint density at radius 1 is 1.55 bits per heavy atom. The van der Waals surface area contributed by atoms with E-state index in [4.69, 9.17) is 29.0 Å². The van der Waals surface area contributed by atoms with Crippen LogP contribution in [-0.4, -0.2) is 28.3 Å². The van der Waals surface area contributed by atoms with Crippen LogP contribution in [0.4, 0.5) is 0 Å². The van der Waals surface area contributed by atoms with Crippen molar-refractivity contribution in [2.45, 2.75) is 50.3 Å². The predicted octanol–water partition coefficient (Wildman–Crippen LogP) is 1.84. The molecule has 1 saturated carbocycles. The van der Waals surface area contributed by atoms with Gasteiger partial charge in [0.25, 0.3) is 0 Å². The first-order valence-corrected chi connectivity index (χ1v) is 5.10. The van der Waals surface area contributed by atoms with Crippen LogP contribution < -0.4 is 5.73 Å². The van der Waals surface area contributed by atoms with Gasteiger partial charge in [-0.2, -0.15) is 0 Å². The van der Waals surface area contributed by atoms with E-state index in [1.54, 1.807) is 0 Å². The van der Waals surface area contributed by atoms with Gasteiger partial charge in [0, 0.05) is 16.4 Å². The van der Waals surface area contributed by atoms with Crippen molar-refractivity contribution in [1.29, 1.82) is 0 Å². The summed E-state index contributed by atoms with van der Waals surface area (Å²) in [5, 5.41) is 19.4. The molecule has 0 heterocycles. The van der Waals surface area contributed by atoms with Gasteiger partial charge in [-0.15, -0.1) is 0 Å². The van der Waals surface area contributed by atoms with Crippen LogP contribution in [0, 0.1) is 0 Å². The maximum Gasteiger partial charge on any atom is 0.323 e. The monoisotopic (exact) mass is 296 g/mol. The van der Waals surface area contributed by atoms with Crippen molar-refractivity contribution in [1.82, 2.24) is 0 Å². The molecule has 1 fully saturated rings. The first kappa shape index (κ1) is 4.13. The molecule has 2 rings (SSSR count). The van der Waals surface area contributed by atoms with Gasteiger partial charge in [-0.05, 0) is 49.5 Å². The highest BCUT2D eigenvalue weighted by Crippen LogP contribution is 2.25. The van der Waals surface area contributed by atoms with Crippen LogP contribution in [0.5, 0.6) is 11.5 Å². The summed E-state index contributed by atoms with van der Waals surface area (Å²) in [6.07, 6.45) is -28.7. The molecule has 5 nitrogen and oxygen atoms in total. The van der Waals surface area contributed by atoms with Gasteiger partial charge in [0.2, 0.25) is 0 Å². The van der Waals surface area contributed by atoms with Crippen molar-refractivity contribution >= 4 is 5.97 Å². The Morgan fingerprint density at radius 2 is 2.25 bits per heavy atom. The number of nitrogens with two attached hydrogens (primary N) is 1. The van der Waals surface area contributed by atoms with Crippen LogP contribution in [0.1, 0.15) is 60.7 Å². The molecule has 0 amide bonds. The number of carbonyl (C=O) groups is 1. The molecule has 1 unspecified atom stereocenters. The average Bonchev–Trinajstić information content (AvgIpc) is 2.74. The van der Waals surface area contributed by atoms with Crippen LogP contribution in [0.15, 0.2) is 18.1 Å². The quantitative estimate of drug-likeness (QED) is 0.582. The second-order valence-corrected chi connectivity index (χ2v) is 3.33.